The summed E-state index contributed by atoms with van der Waals surface area (Å²) in [6.07, 6.45) is 9.97. The van der Waals surface area contributed by atoms with Gasteiger partial charge in [0.15, 0.2) is 0 Å². The van der Waals surface area contributed by atoms with Gasteiger partial charge in [0.2, 0.25) is 5.91 Å². The molecule has 23 heavy (non-hydrogen) atoms. The number of nitrogens with one attached hydrogen (secondary N) is 2. The van der Waals surface area contributed by atoms with Crippen molar-refractivity contribution in [3.8, 4) is 5.69 Å². The number of imidazole rings is 1. The number of carbonyl (C=O) groups is 1. The van der Waals surface area contributed by atoms with Gasteiger partial charge in [-0.3, -0.25) is 4.79 Å². The Morgan fingerprint density at radius 1 is 1.39 bits per heavy atom. The predicted octanol–water partition coefficient (Wildman–Crippen LogP) is 2.59. The molecule has 0 radical (unpaired) electrons. The quantitative estimate of drug-likeness (QED) is 0.916. The van der Waals surface area contributed by atoms with Crippen LogP contribution in [-0.4, -0.2) is 28.5 Å². The molecule has 0 spiro atoms. The smallest absolute Gasteiger partial charge is 0.232 e. The first-order valence-corrected chi connectivity index (χ1v) is 8.38. The van der Waals surface area contributed by atoms with Gasteiger partial charge in [-0.05, 0) is 43.5 Å². The van der Waals surface area contributed by atoms with Crippen LogP contribution < -0.4 is 10.6 Å². The zero-order valence-electron chi connectivity index (χ0n) is 13.2. The van der Waals surface area contributed by atoms with Gasteiger partial charge in [0.1, 0.15) is 0 Å². The molecule has 2 heterocycles. The Morgan fingerprint density at radius 3 is 3.22 bits per heavy atom. The maximum absolute atomic E-state index is 13.0. The monoisotopic (exact) mass is 310 g/mol. The number of anilines is 1. The molecule has 0 unspecified atom stereocenters. The van der Waals surface area contributed by atoms with Crippen molar-refractivity contribution in [2.24, 2.45) is 11.3 Å². The van der Waals surface area contributed by atoms with Crippen molar-refractivity contribution < 1.29 is 4.79 Å². The average Bonchev–Trinajstić information content (AvgIpc) is 3.25. The van der Waals surface area contributed by atoms with E-state index in [9.17, 15) is 4.79 Å². The van der Waals surface area contributed by atoms with E-state index >= 15 is 0 Å². The first-order valence-electron chi connectivity index (χ1n) is 8.38. The molecule has 1 aliphatic heterocycles. The molecule has 1 aliphatic carbocycles. The van der Waals surface area contributed by atoms with Crippen molar-refractivity contribution in [1.29, 1.82) is 0 Å². The molecular weight excluding hydrogens is 288 g/mol. The van der Waals surface area contributed by atoms with Crippen LogP contribution in [-0.2, 0) is 4.79 Å². The van der Waals surface area contributed by atoms with E-state index in [-0.39, 0.29) is 11.3 Å². The van der Waals surface area contributed by atoms with Gasteiger partial charge in [-0.1, -0.05) is 18.9 Å². The number of hydrogen-bond donors (Lipinski definition) is 2. The lowest BCUT2D eigenvalue weighted by molar-refractivity contribution is -0.128. The van der Waals surface area contributed by atoms with E-state index in [1.807, 2.05) is 35.0 Å². The van der Waals surface area contributed by atoms with E-state index in [0.29, 0.717) is 5.92 Å². The molecule has 5 heteroatoms. The molecule has 4 rings (SSSR count). The molecule has 1 aromatic carbocycles. The number of carbonyl (C=O) groups excluding carboxylic acids is 1. The van der Waals surface area contributed by atoms with Crippen molar-refractivity contribution in [2.45, 2.75) is 25.7 Å². The molecule has 2 aromatic rings. The Labute approximate surface area is 136 Å². The van der Waals surface area contributed by atoms with Gasteiger partial charge in [-0.25, -0.2) is 4.98 Å². The largest absolute Gasteiger partial charge is 0.325 e. The summed E-state index contributed by atoms with van der Waals surface area (Å²) in [6.45, 7) is 1.78. The fourth-order valence-corrected chi connectivity index (χ4v) is 4.10. The van der Waals surface area contributed by atoms with Gasteiger partial charge in [0.05, 0.1) is 11.7 Å². The SMILES string of the molecule is O=C(Nc1cccc(-n2ccnc2)c1)[C@@]12CCCC[C@H]1CNC2. The third-order valence-corrected chi connectivity index (χ3v) is 5.40. The summed E-state index contributed by atoms with van der Waals surface area (Å²) in [5.74, 6) is 0.656. The minimum atomic E-state index is -0.219. The van der Waals surface area contributed by atoms with Crippen LogP contribution in [0.25, 0.3) is 5.69 Å². The average molecular weight is 310 g/mol. The van der Waals surface area contributed by atoms with Crippen LogP contribution in [0.3, 0.4) is 0 Å². The molecule has 2 atom stereocenters. The number of rotatable bonds is 3. The van der Waals surface area contributed by atoms with E-state index in [1.165, 1.54) is 6.42 Å². The second-order valence-electron chi connectivity index (χ2n) is 6.70. The number of benzene rings is 1. The van der Waals surface area contributed by atoms with Crippen molar-refractivity contribution in [3.05, 3.63) is 43.0 Å². The first-order chi connectivity index (χ1) is 11.3. The molecule has 1 aromatic heterocycles. The molecule has 0 bridgehead atoms. The maximum atomic E-state index is 13.0. The van der Waals surface area contributed by atoms with Gasteiger partial charge >= 0.3 is 0 Å². The zero-order valence-corrected chi connectivity index (χ0v) is 13.2. The van der Waals surface area contributed by atoms with E-state index < -0.39 is 0 Å². The van der Waals surface area contributed by atoms with Gasteiger partial charge in [0.25, 0.3) is 0 Å². The van der Waals surface area contributed by atoms with Gasteiger partial charge in [-0.15, -0.1) is 0 Å². The highest BCUT2D eigenvalue weighted by Crippen LogP contribution is 2.44. The van der Waals surface area contributed by atoms with Crippen molar-refractivity contribution in [2.75, 3.05) is 18.4 Å². The number of amides is 1. The molecule has 120 valence electrons. The number of nitrogens with zero attached hydrogens (tertiary/aromatic N) is 2. The Morgan fingerprint density at radius 2 is 2.35 bits per heavy atom. The molecule has 1 saturated carbocycles. The lowest BCUT2D eigenvalue weighted by Crippen LogP contribution is -2.44. The van der Waals surface area contributed by atoms with Crippen LogP contribution in [0.4, 0.5) is 5.69 Å². The normalized spacial score (nSPS) is 26.7. The Kier molecular flexibility index (Phi) is 3.65. The van der Waals surface area contributed by atoms with E-state index in [0.717, 1.165) is 43.7 Å². The maximum Gasteiger partial charge on any atom is 0.232 e. The summed E-state index contributed by atoms with van der Waals surface area (Å²) in [7, 11) is 0. The third kappa shape index (κ3) is 2.55. The lowest BCUT2D eigenvalue weighted by Gasteiger charge is -2.37. The summed E-state index contributed by atoms with van der Waals surface area (Å²) in [4.78, 5) is 17.1. The van der Waals surface area contributed by atoms with Crippen molar-refractivity contribution in [3.63, 3.8) is 0 Å². The Hall–Kier alpha value is -2.14. The molecule has 1 saturated heterocycles. The van der Waals surface area contributed by atoms with E-state index in [1.54, 1.807) is 12.5 Å². The number of hydrogen-bond acceptors (Lipinski definition) is 3. The molecule has 1 amide bonds. The topological polar surface area (TPSA) is 59.0 Å². The summed E-state index contributed by atoms with van der Waals surface area (Å²) >= 11 is 0. The highest BCUT2D eigenvalue weighted by molar-refractivity contribution is 5.96. The molecule has 5 nitrogen and oxygen atoms in total. The van der Waals surface area contributed by atoms with Gasteiger partial charge in [0, 0.05) is 30.3 Å². The minimum absolute atomic E-state index is 0.176. The van der Waals surface area contributed by atoms with E-state index in [4.69, 9.17) is 0 Å². The second-order valence-corrected chi connectivity index (χ2v) is 6.70. The summed E-state index contributed by atoms with van der Waals surface area (Å²) in [5.41, 5.74) is 1.64. The molecule has 2 fully saturated rings. The Bertz CT molecular complexity index is 697. The highest BCUT2D eigenvalue weighted by atomic mass is 16.2. The zero-order chi connectivity index (χ0) is 15.7. The fourth-order valence-electron chi connectivity index (χ4n) is 4.10. The fraction of sp³-hybridized carbons (Fsp3) is 0.444. The summed E-state index contributed by atoms with van der Waals surface area (Å²) < 4.78 is 1.94. The van der Waals surface area contributed by atoms with Gasteiger partial charge < -0.3 is 15.2 Å². The molecular formula is C18H22N4O. The van der Waals surface area contributed by atoms with Crippen LogP contribution in [0, 0.1) is 11.3 Å². The van der Waals surface area contributed by atoms with Crippen LogP contribution in [0.1, 0.15) is 25.7 Å². The molecule has 2 N–H and O–H groups in total. The standard InChI is InChI=1S/C18H22N4O/c23-17(18-7-2-1-4-14(18)11-20-12-18)21-15-5-3-6-16(10-15)22-9-8-19-13-22/h3,5-6,8-10,13-14,20H,1-2,4,7,11-12H2,(H,21,23)/t14-,18+/m0/s1. The molecule has 2 aliphatic rings. The van der Waals surface area contributed by atoms with Crippen molar-refractivity contribution >= 4 is 11.6 Å². The van der Waals surface area contributed by atoms with Crippen LogP contribution in [0.5, 0.6) is 0 Å². The van der Waals surface area contributed by atoms with Crippen LogP contribution in [0.2, 0.25) is 0 Å². The lowest BCUT2D eigenvalue weighted by atomic mass is 9.67. The number of fused-ring (bicyclic) bond motifs is 1. The van der Waals surface area contributed by atoms with Gasteiger partial charge in [-0.2, -0.15) is 0 Å². The van der Waals surface area contributed by atoms with Crippen LogP contribution >= 0.6 is 0 Å². The predicted molar refractivity (Wildman–Crippen MR) is 89.5 cm³/mol. The minimum Gasteiger partial charge on any atom is -0.325 e. The summed E-state index contributed by atoms with van der Waals surface area (Å²) in [5, 5.41) is 6.60. The first kappa shape index (κ1) is 14.5. The Balaban J connectivity index is 1.56. The van der Waals surface area contributed by atoms with E-state index in [2.05, 4.69) is 15.6 Å². The number of aromatic nitrogens is 2. The summed E-state index contributed by atoms with van der Waals surface area (Å²) in [6, 6.07) is 7.93. The highest BCUT2D eigenvalue weighted by Gasteiger charge is 2.49. The second kappa shape index (κ2) is 5.81. The van der Waals surface area contributed by atoms with Crippen molar-refractivity contribution in [1.82, 2.24) is 14.9 Å². The third-order valence-electron chi connectivity index (χ3n) is 5.40. The van der Waals surface area contributed by atoms with Crippen LogP contribution in [0.15, 0.2) is 43.0 Å².